The molecule has 112 valence electrons. The van der Waals surface area contributed by atoms with Crippen molar-refractivity contribution in [1.82, 2.24) is 10.2 Å². The first-order valence-corrected chi connectivity index (χ1v) is 7.60. The molecule has 4 nitrogen and oxygen atoms in total. The van der Waals surface area contributed by atoms with Gasteiger partial charge >= 0.3 is 0 Å². The van der Waals surface area contributed by atoms with Gasteiger partial charge < -0.3 is 15.3 Å². The van der Waals surface area contributed by atoms with Crippen LogP contribution in [0.1, 0.15) is 53.4 Å². The second kappa shape index (κ2) is 7.25. The normalized spacial score (nSPS) is 23.8. The fourth-order valence-electron chi connectivity index (χ4n) is 2.96. The molecule has 0 aromatic rings. The summed E-state index contributed by atoms with van der Waals surface area (Å²) in [7, 11) is 0. The Morgan fingerprint density at radius 3 is 2.79 bits per heavy atom. The molecule has 1 fully saturated rings. The predicted octanol–water partition coefficient (Wildman–Crippen LogP) is 1.77. The Morgan fingerprint density at radius 1 is 1.53 bits per heavy atom. The summed E-state index contributed by atoms with van der Waals surface area (Å²) in [5, 5.41) is 13.7. The lowest BCUT2D eigenvalue weighted by Gasteiger charge is -2.38. The van der Waals surface area contributed by atoms with Crippen LogP contribution in [0.2, 0.25) is 0 Å². The highest BCUT2D eigenvalue weighted by Gasteiger charge is 2.33. The van der Waals surface area contributed by atoms with Gasteiger partial charge in [0.25, 0.3) is 0 Å². The van der Waals surface area contributed by atoms with Crippen molar-refractivity contribution in [1.29, 1.82) is 0 Å². The predicted molar refractivity (Wildman–Crippen MR) is 78.0 cm³/mol. The number of likely N-dealkylation sites (tertiary alicyclic amines) is 1. The molecule has 4 heteroatoms. The lowest BCUT2D eigenvalue weighted by atomic mass is 9.92. The lowest BCUT2D eigenvalue weighted by molar-refractivity contribution is -0.140. The monoisotopic (exact) mass is 270 g/mol. The molecular weight excluding hydrogens is 240 g/mol. The number of carbonyl (C=O) groups excluding carboxylic acids is 1. The number of aliphatic hydroxyl groups is 1. The average molecular weight is 270 g/mol. The Bertz CT molecular complexity index is 290. The number of β-amino-alcohol motifs (C(OH)–C–C–N with tert-alkyl or cyclic N) is 1. The fourth-order valence-corrected chi connectivity index (χ4v) is 2.96. The van der Waals surface area contributed by atoms with Crippen LogP contribution < -0.4 is 5.32 Å². The van der Waals surface area contributed by atoms with E-state index >= 15 is 0 Å². The van der Waals surface area contributed by atoms with E-state index in [0.717, 1.165) is 38.8 Å². The van der Waals surface area contributed by atoms with Crippen molar-refractivity contribution in [3.63, 3.8) is 0 Å². The minimum absolute atomic E-state index is 0.0523. The average Bonchev–Trinajstić information content (AvgIpc) is 2.28. The lowest BCUT2D eigenvalue weighted by Crippen LogP contribution is -2.54. The second-order valence-corrected chi connectivity index (χ2v) is 6.50. The third-order valence-electron chi connectivity index (χ3n) is 3.55. The zero-order valence-electron chi connectivity index (χ0n) is 12.9. The molecule has 0 aromatic carbocycles. The van der Waals surface area contributed by atoms with Crippen LogP contribution in [0.4, 0.5) is 0 Å². The molecule has 1 rings (SSSR count). The molecule has 0 bridgehead atoms. The number of nitrogens with zero attached hydrogens (tertiary/aromatic N) is 1. The van der Waals surface area contributed by atoms with Crippen molar-refractivity contribution >= 4 is 5.91 Å². The van der Waals surface area contributed by atoms with E-state index < -0.39 is 5.60 Å². The molecule has 0 radical (unpaired) electrons. The van der Waals surface area contributed by atoms with Gasteiger partial charge in [0.05, 0.1) is 11.6 Å². The van der Waals surface area contributed by atoms with Gasteiger partial charge in [0, 0.05) is 13.1 Å². The van der Waals surface area contributed by atoms with Crippen molar-refractivity contribution in [3.8, 4) is 0 Å². The van der Waals surface area contributed by atoms with Crippen molar-refractivity contribution in [2.24, 2.45) is 5.92 Å². The van der Waals surface area contributed by atoms with Gasteiger partial charge in [-0.3, -0.25) is 4.79 Å². The van der Waals surface area contributed by atoms with E-state index in [9.17, 15) is 9.90 Å². The Hall–Kier alpha value is -0.610. The highest BCUT2D eigenvalue weighted by atomic mass is 16.3. The highest BCUT2D eigenvalue weighted by molar-refractivity contribution is 5.82. The van der Waals surface area contributed by atoms with Crippen LogP contribution in [-0.2, 0) is 4.79 Å². The summed E-state index contributed by atoms with van der Waals surface area (Å²) in [5.74, 6) is 0.590. The molecule has 0 aromatic heterocycles. The van der Waals surface area contributed by atoms with Crippen molar-refractivity contribution in [3.05, 3.63) is 0 Å². The van der Waals surface area contributed by atoms with Gasteiger partial charge in [-0.25, -0.2) is 0 Å². The standard InChI is InChI=1S/C15H30N2O2/c1-5-8-16-13-7-6-9-17(14(13)18)11-15(4,19)10-12(2)3/h12-13,16,19H,5-11H2,1-4H3. The molecule has 0 spiro atoms. The van der Waals surface area contributed by atoms with Gasteiger partial charge in [-0.1, -0.05) is 20.8 Å². The maximum atomic E-state index is 12.3. The first kappa shape index (κ1) is 16.4. The van der Waals surface area contributed by atoms with E-state index in [1.54, 1.807) is 0 Å². The fraction of sp³-hybridized carbons (Fsp3) is 0.933. The first-order chi connectivity index (χ1) is 8.85. The van der Waals surface area contributed by atoms with E-state index in [0.29, 0.717) is 12.5 Å². The second-order valence-electron chi connectivity index (χ2n) is 6.50. The van der Waals surface area contributed by atoms with Crippen molar-refractivity contribution in [2.45, 2.75) is 65.0 Å². The van der Waals surface area contributed by atoms with Gasteiger partial charge in [-0.15, -0.1) is 0 Å². The summed E-state index contributed by atoms with van der Waals surface area (Å²) in [6, 6.07) is -0.0523. The third-order valence-corrected chi connectivity index (χ3v) is 3.55. The number of nitrogens with one attached hydrogen (secondary N) is 1. The van der Waals surface area contributed by atoms with Gasteiger partial charge in [0.1, 0.15) is 0 Å². The van der Waals surface area contributed by atoms with Crippen LogP contribution in [0.5, 0.6) is 0 Å². The molecule has 1 amide bonds. The van der Waals surface area contributed by atoms with E-state index in [2.05, 4.69) is 26.1 Å². The molecule has 1 aliphatic rings. The first-order valence-electron chi connectivity index (χ1n) is 7.60. The van der Waals surface area contributed by atoms with E-state index in [1.165, 1.54) is 0 Å². The number of carbonyl (C=O) groups is 1. The van der Waals surface area contributed by atoms with Crippen LogP contribution in [0.3, 0.4) is 0 Å². The molecule has 1 aliphatic heterocycles. The molecular formula is C15H30N2O2. The van der Waals surface area contributed by atoms with Gasteiger partial charge in [0.2, 0.25) is 5.91 Å². The maximum Gasteiger partial charge on any atom is 0.239 e. The maximum absolute atomic E-state index is 12.3. The summed E-state index contributed by atoms with van der Waals surface area (Å²) in [6.45, 7) is 10.2. The molecule has 1 saturated heterocycles. The molecule has 19 heavy (non-hydrogen) atoms. The minimum Gasteiger partial charge on any atom is -0.388 e. The van der Waals surface area contributed by atoms with Crippen molar-refractivity contribution in [2.75, 3.05) is 19.6 Å². The summed E-state index contributed by atoms with van der Waals surface area (Å²) >= 11 is 0. The molecule has 0 saturated carbocycles. The van der Waals surface area contributed by atoms with Crippen LogP contribution in [0.25, 0.3) is 0 Å². The molecule has 2 atom stereocenters. The topological polar surface area (TPSA) is 52.6 Å². The summed E-state index contributed by atoms with van der Waals surface area (Å²) in [5.41, 5.74) is -0.781. The zero-order valence-corrected chi connectivity index (χ0v) is 12.9. The quantitative estimate of drug-likeness (QED) is 0.741. The zero-order chi connectivity index (χ0) is 14.5. The Balaban J connectivity index is 2.55. The van der Waals surface area contributed by atoms with Crippen LogP contribution in [-0.4, -0.2) is 47.2 Å². The summed E-state index contributed by atoms with van der Waals surface area (Å²) in [4.78, 5) is 14.2. The van der Waals surface area contributed by atoms with Crippen LogP contribution in [0, 0.1) is 5.92 Å². The summed E-state index contributed by atoms with van der Waals surface area (Å²) in [6.07, 6.45) is 3.70. The Morgan fingerprint density at radius 2 is 2.21 bits per heavy atom. The van der Waals surface area contributed by atoms with Gasteiger partial charge in [0.15, 0.2) is 0 Å². The number of amides is 1. The van der Waals surface area contributed by atoms with E-state index in [1.807, 2.05) is 11.8 Å². The smallest absolute Gasteiger partial charge is 0.239 e. The Labute approximate surface area is 117 Å². The van der Waals surface area contributed by atoms with Crippen molar-refractivity contribution < 1.29 is 9.90 Å². The van der Waals surface area contributed by atoms with Gasteiger partial charge in [-0.2, -0.15) is 0 Å². The largest absolute Gasteiger partial charge is 0.388 e. The van der Waals surface area contributed by atoms with Crippen LogP contribution in [0.15, 0.2) is 0 Å². The number of rotatable bonds is 7. The van der Waals surface area contributed by atoms with E-state index in [4.69, 9.17) is 0 Å². The van der Waals surface area contributed by atoms with Crippen LogP contribution >= 0.6 is 0 Å². The highest BCUT2D eigenvalue weighted by Crippen LogP contribution is 2.21. The molecule has 0 aliphatic carbocycles. The van der Waals surface area contributed by atoms with Gasteiger partial charge in [-0.05, 0) is 45.1 Å². The third kappa shape index (κ3) is 5.49. The molecule has 1 heterocycles. The number of piperidine rings is 1. The Kier molecular flexibility index (Phi) is 6.27. The number of hydrogen-bond acceptors (Lipinski definition) is 3. The SMILES string of the molecule is CCCNC1CCCN(CC(C)(O)CC(C)C)C1=O. The molecule has 2 N–H and O–H groups in total. The number of hydrogen-bond donors (Lipinski definition) is 2. The minimum atomic E-state index is -0.781. The van der Waals surface area contributed by atoms with E-state index in [-0.39, 0.29) is 11.9 Å². The summed E-state index contributed by atoms with van der Waals surface area (Å²) < 4.78 is 0. The molecule has 2 unspecified atom stereocenters.